The minimum Gasteiger partial charge on any atom is -0.391 e. The molecule has 0 aliphatic carbocycles. The van der Waals surface area contributed by atoms with E-state index in [0.29, 0.717) is 6.42 Å². The first kappa shape index (κ1) is 11.2. The van der Waals surface area contributed by atoms with E-state index >= 15 is 0 Å². The summed E-state index contributed by atoms with van der Waals surface area (Å²) in [5, 5.41) is 18.6. The quantitative estimate of drug-likeness (QED) is 0.727. The molecule has 0 saturated carbocycles. The first-order chi connectivity index (χ1) is 6.65. The third-order valence-corrected chi connectivity index (χ3v) is 2.21. The summed E-state index contributed by atoms with van der Waals surface area (Å²) in [5.41, 5.74) is 0. The van der Waals surface area contributed by atoms with Gasteiger partial charge in [-0.1, -0.05) is 6.92 Å². The molecule has 0 bridgehead atoms. The lowest BCUT2D eigenvalue weighted by Crippen LogP contribution is -2.26. The molecule has 4 nitrogen and oxygen atoms in total. The monoisotopic (exact) mass is 198 g/mol. The van der Waals surface area contributed by atoms with Crippen LogP contribution >= 0.6 is 0 Å². The average Bonchev–Trinajstić information content (AvgIpc) is 2.53. The molecule has 14 heavy (non-hydrogen) atoms. The van der Waals surface area contributed by atoms with E-state index in [1.165, 1.54) is 0 Å². The Hall–Kier alpha value is -0.870. The average molecular weight is 198 g/mol. The van der Waals surface area contributed by atoms with E-state index in [2.05, 4.69) is 11.9 Å². The second-order valence-electron chi connectivity index (χ2n) is 3.55. The molecule has 1 aromatic heterocycles. The third-order valence-electron chi connectivity index (χ3n) is 2.21. The van der Waals surface area contributed by atoms with E-state index in [9.17, 15) is 5.11 Å². The van der Waals surface area contributed by atoms with Crippen molar-refractivity contribution in [3.8, 4) is 0 Å². The molecule has 1 heterocycles. The predicted molar refractivity (Wildman–Crippen MR) is 53.9 cm³/mol. The number of aryl methyl sites for hydroxylation is 1. The molecule has 2 unspecified atom stereocenters. The van der Waals surface area contributed by atoms with E-state index in [4.69, 9.17) is 5.11 Å². The van der Waals surface area contributed by atoms with Crippen LogP contribution in [0.1, 0.15) is 26.1 Å². The summed E-state index contributed by atoms with van der Waals surface area (Å²) in [6.07, 6.45) is 3.63. The number of aliphatic hydroxyl groups excluding tert-OH is 2. The van der Waals surface area contributed by atoms with Gasteiger partial charge < -0.3 is 14.8 Å². The van der Waals surface area contributed by atoms with Gasteiger partial charge in [-0.2, -0.15) is 0 Å². The first-order valence-electron chi connectivity index (χ1n) is 5.01. The zero-order valence-corrected chi connectivity index (χ0v) is 8.72. The van der Waals surface area contributed by atoms with Crippen LogP contribution in [0.15, 0.2) is 12.4 Å². The Balaban J connectivity index is 2.61. The Bertz CT molecular complexity index is 271. The largest absolute Gasteiger partial charge is 0.391 e. The number of hydrogen-bond acceptors (Lipinski definition) is 3. The van der Waals surface area contributed by atoms with Crippen LogP contribution in [0, 0.1) is 0 Å². The van der Waals surface area contributed by atoms with Crippen LogP contribution in [0.25, 0.3) is 0 Å². The van der Waals surface area contributed by atoms with Gasteiger partial charge in [0.15, 0.2) is 0 Å². The minimum atomic E-state index is -0.729. The number of rotatable bonds is 5. The molecule has 0 radical (unpaired) electrons. The highest BCUT2D eigenvalue weighted by molar-refractivity contribution is 4.95. The normalized spacial score (nSPS) is 15.4. The van der Waals surface area contributed by atoms with E-state index in [1.807, 2.05) is 10.8 Å². The fourth-order valence-electron chi connectivity index (χ4n) is 1.33. The Kier molecular flexibility index (Phi) is 4.10. The Morgan fingerprint density at radius 2 is 2.21 bits per heavy atom. The predicted octanol–water partition coefficient (Wildman–Crippen LogP) is 0.577. The molecular weight excluding hydrogens is 180 g/mol. The lowest BCUT2D eigenvalue weighted by atomic mass is 10.1. The maximum Gasteiger partial charge on any atom is 0.111 e. The van der Waals surface area contributed by atoms with Crippen molar-refractivity contribution in [3.05, 3.63) is 18.2 Å². The highest BCUT2D eigenvalue weighted by Gasteiger charge is 2.14. The lowest BCUT2D eigenvalue weighted by molar-refractivity contribution is 0.0302. The molecule has 0 saturated heterocycles. The maximum absolute atomic E-state index is 9.49. The second-order valence-corrected chi connectivity index (χ2v) is 3.55. The van der Waals surface area contributed by atoms with Crippen molar-refractivity contribution in [1.82, 2.24) is 9.55 Å². The van der Waals surface area contributed by atoms with Crippen molar-refractivity contribution < 1.29 is 10.2 Å². The topological polar surface area (TPSA) is 58.3 Å². The fraction of sp³-hybridized carbons (Fsp3) is 0.700. The van der Waals surface area contributed by atoms with Gasteiger partial charge in [-0.25, -0.2) is 4.98 Å². The summed E-state index contributed by atoms with van der Waals surface area (Å²) in [7, 11) is 0. The van der Waals surface area contributed by atoms with Gasteiger partial charge in [0, 0.05) is 25.4 Å². The highest BCUT2D eigenvalue weighted by atomic mass is 16.3. The molecule has 1 aromatic rings. The Morgan fingerprint density at radius 1 is 1.50 bits per heavy atom. The van der Waals surface area contributed by atoms with E-state index in [-0.39, 0.29) is 0 Å². The smallest absolute Gasteiger partial charge is 0.111 e. The third kappa shape index (κ3) is 2.82. The van der Waals surface area contributed by atoms with Gasteiger partial charge in [0.2, 0.25) is 0 Å². The summed E-state index contributed by atoms with van der Waals surface area (Å²) in [6, 6.07) is 0. The molecule has 1 rings (SSSR count). The highest BCUT2D eigenvalue weighted by Crippen LogP contribution is 2.05. The number of hydrogen-bond donors (Lipinski definition) is 2. The van der Waals surface area contributed by atoms with Crippen LogP contribution in [0.3, 0.4) is 0 Å². The summed E-state index contributed by atoms with van der Waals surface area (Å²) >= 11 is 0. The molecule has 80 valence electrons. The van der Waals surface area contributed by atoms with Gasteiger partial charge in [-0.15, -0.1) is 0 Å². The van der Waals surface area contributed by atoms with Gasteiger partial charge in [0.25, 0.3) is 0 Å². The van der Waals surface area contributed by atoms with Gasteiger partial charge in [0.05, 0.1) is 12.2 Å². The molecule has 0 amide bonds. The van der Waals surface area contributed by atoms with Crippen LogP contribution in [-0.4, -0.2) is 32.0 Å². The summed E-state index contributed by atoms with van der Waals surface area (Å²) in [5.74, 6) is 0.834. The zero-order chi connectivity index (χ0) is 10.6. The molecule has 2 atom stereocenters. The van der Waals surface area contributed by atoms with Crippen LogP contribution in [0.4, 0.5) is 0 Å². The van der Waals surface area contributed by atoms with Crippen molar-refractivity contribution in [2.75, 3.05) is 0 Å². The molecule has 0 spiro atoms. The lowest BCUT2D eigenvalue weighted by Gasteiger charge is -2.13. The summed E-state index contributed by atoms with van der Waals surface area (Å²) in [6.45, 7) is 4.58. The van der Waals surface area contributed by atoms with Crippen molar-refractivity contribution >= 4 is 0 Å². The molecular formula is C10H18N2O2. The van der Waals surface area contributed by atoms with E-state index in [0.717, 1.165) is 18.8 Å². The molecule has 0 fully saturated rings. The summed E-state index contributed by atoms with van der Waals surface area (Å²) < 4.78 is 2.01. The Labute approximate surface area is 84.2 Å². The molecule has 4 heteroatoms. The van der Waals surface area contributed by atoms with E-state index in [1.54, 1.807) is 13.1 Å². The van der Waals surface area contributed by atoms with Crippen molar-refractivity contribution in [2.24, 2.45) is 0 Å². The van der Waals surface area contributed by atoms with E-state index < -0.39 is 12.2 Å². The number of aliphatic hydroxyl groups is 2. The molecule has 0 aliphatic rings. The summed E-state index contributed by atoms with van der Waals surface area (Å²) in [4.78, 5) is 4.15. The van der Waals surface area contributed by atoms with Crippen molar-refractivity contribution in [1.29, 1.82) is 0 Å². The van der Waals surface area contributed by atoms with Crippen LogP contribution in [0.2, 0.25) is 0 Å². The molecule has 2 N–H and O–H groups in total. The maximum atomic E-state index is 9.49. The van der Waals surface area contributed by atoms with Crippen LogP contribution < -0.4 is 0 Å². The molecule has 0 aliphatic heterocycles. The first-order valence-corrected chi connectivity index (χ1v) is 5.01. The van der Waals surface area contributed by atoms with Gasteiger partial charge in [0.1, 0.15) is 5.82 Å². The number of aromatic nitrogens is 2. The van der Waals surface area contributed by atoms with Gasteiger partial charge in [-0.3, -0.25) is 0 Å². The van der Waals surface area contributed by atoms with Crippen LogP contribution in [-0.2, 0) is 13.0 Å². The Morgan fingerprint density at radius 3 is 2.79 bits per heavy atom. The second kappa shape index (κ2) is 5.12. The number of imidazole rings is 1. The number of nitrogens with zero attached hydrogens (tertiary/aromatic N) is 2. The minimum absolute atomic E-state index is 0.407. The van der Waals surface area contributed by atoms with Crippen molar-refractivity contribution in [3.63, 3.8) is 0 Å². The van der Waals surface area contributed by atoms with Gasteiger partial charge in [-0.05, 0) is 13.3 Å². The SMILES string of the molecule is CCCn1ccnc1CC(O)C(C)O. The molecule has 0 aromatic carbocycles. The fourth-order valence-corrected chi connectivity index (χ4v) is 1.33. The van der Waals surface area contributed by atoms with Gasteiger partial charge >= 0.3 is 0 Å². The van der Waals surface area contributed by atoms with Crippen LogP contribution in [0.5, 0.6) is 0 Å². The standard InChI is InChI=1S/C10H18N2O2/c1-3-5-12-6-4-11-10(12)7-9(14)8(2)13/h4,6,8-9,13-14H,3,5,7H2,1-2H3. The zero-order valence-electron chi connectivity index (χ0n) is 8.72. The van der Waals surface area contributed by atoms with Crippen molar-refractivity contribution in [2.45, 2.75) is 45.4 Å².